The van der Waals surface area contributed by atoms with Gasteiger partial charge in [0.15, 0.2) is 0 Å². The summed E-state index contributed by atoms with van der Waals surface area (Å²) in [6.45, 7) is 0. The van der Waals surface area contributed by atoms with Crippen LogP contribution in [0.5, 0.6) is 0 Å². The molecule has 0 aliphatic carbocycles. The molecule has 0 heterocycles. The Balaban J connectivity index is 0.00000484. The minimum Gasteiger partial charge on any atom is -0.465 e. The van der Waals surface area contributed by atoms with E-state index in [2.05, 4.69) is 10.1 Å². The molecule has 1 rings (SSSR count). The van der Waals surface area contributed by atoms with Gasteiger partial charge in [0.1, 0.15) is 0 Å². The number of non-ortho nitro benzene ring substituents is 1. The second-order valence-electron chi connectivity index (χ2n) is 4.39. The number of rotatable bonds is 7. The van der Waals surface area contributed by atoms with Crippen molar-refractivity contribution >= 4 is 47.4 Å². The van der Waals surface area contributed by atoms with Crippen LogP contribution in [0.3, 0.4) is 0 Å². The number of hydrogen-bond acceptors (Lipinski definition) is 7. The van der Waals surface area contributed by atoms with Gasteiger partial charge in [0.2, 0.25) is 5.91 Å². The summed E-state index contributed by atoms with van der Waals surface area (Å²) >= 11 is 1.56. The number of nitrogens with zero attached hydrogens (tertiary/aromatic N) is 1. The van der Waals surface area contributed by atoms with E-state index in [0.717, 1.165) is 25.0 Å². The molecule has 1 amide bonds. The highest BCUT2D eigenvalue weighted by Crippen LogP contribution is 2.22. The lowest BCUT2D eigenvalue weighted by Crippen LogP contribution is -2.36. The maximum absolute atomic E-state index is 11.9. The van der Waals surface area contributed by atoms with Gasteiger partial charge in [-0.05, 0) is 24.5 Å². The number of thioether (sulfide) groups is 1. The van der Waals surface area contributed by atoms with Crippen LogP contribution in [-0.4, -0.2) is 42.0 Å². The standard InChI is InChI=1S/C13H17N3O5S.ClH/c1-21-13(18)8-5-9(7-10(6-8)16(19)20)15-12(17)11(14)3-4-22-2;/h5-7,11H,3-4,14H2,1-2H3,(H,15,17);1H/t11-;/m0./s1. The number of benzene rings is 1. The quantitative estimate of drug-likeness (QED) is 0.430. The van der Waals surface area contributed by atoms with E-state index in [9.17, 15) is 19.7 Å². The second kappa shape index (κ2) is 10.0. The van der Waals surface area contributed by atoms with E-state index in [1.165, 1.54) is 6.07 Å². The molecule has 10 heteroatoms. The molecule has 0 fully saturated rings. The van der Waals surface area contributed by atoms with Crippen LogP contribution in [0.15, 0.2) is 18.2 Å². The molecule has 1 atom stereocenters. The van der Waals surface area contributed by atoms with E-state index in [0.29, 0.717) is 6.42 Å². The molecule has 1 aromatic carbocycles. The second-order valence-corrected chi connectivity index (χ2v) is 5.38. The van der Waals surface area contributed by atoms with E-state index in [1.807, 2.05) is 6.26 Å². The summed E-state index contributed by atoms with van der Waals surface area (Å²) in [6.07, 6.45) is 2.37. The van der Waals surface area contributed by atoms with Gasteiger partial charge in [-0.25, -0.2) is 4.79 Å². The van der Waals surface area contributed by atoms with Gasteiger partial charge < -0.3 is 15.8 Å². The van der Waals surface area contributed by atoms with Crippen molar-refractivity contribution in [1.29, 1.82) is 0 Å². The summed E-state index contributed by atoms with van der Waals surface area (Å²) in [6, 6.07) is 2.81. The number of carbonyl (C=O) groups is 2. The number of nitro groups is 1. The molecular formula is C13H18ClN3O5S. The number of amides is 1. The number of anilines is 1. The number of nitrogens with one attached hydrogen (secondary N) is 1. The van der Waals surface area contributed by atoms with Gasteiger partial charge in [0.25, 0.3) is 5.69 Å². The fourth-order valence-corrected chi connectivity index (χ4v) is 2.12. The Labute approximate surface area is 143 Å². The van der Waals surface area contributed by atoms with Crippen molar-refractivity contribution in [2.45, 2.75) is 12.5 Å². The SMILES string of the molecule is COC(=O)c1cc(NC(=O)[C@@H](N)CCSC)cc([N+](=O)[O-])c1.Cl. The van der Waals surface area contributed by atoms with E-state index in [4.69, 9.17) is 5.73 Å². The zero-order valence-electron chi connectivity index (χ0n) is 12.6. The van der Waals surface area contributed by atoms with E-state index in [1.54, 1.807) is 11.8 Å². The molecule has 1 aromatic rings. The molecule has 8 nitrogen and oxygen atoms in total. The van der Waals surface area contributed by atoms with Gasteiger partial charge in [-0.2, -0.15) is 11.8 Å². The lowest BCUT2D eigenvalue weighted by atomic mass is 10.1. The van der Waals surface area contributed by atoms with Crippen molar-refractivity contribution in [2.75, 3.05) is 24.4 Å². The Hall–Kier alpha value is -1.84. The van der Waals surface area contributed by atoms with Gasteiger partial charge in [0.05, 0.1) is 23.6 Å². The lowest BCUT2D eigenvalue weighted by Gasteiger charge is -2.12. The van der Waals surface area contributed by atoms with Crippen LogP contribution in [0.4, 0.5) is 11.4 Å². The molecule has 3 N–H and O–H groups in total. The van der Waals surface area contributed by atoms with E-state index >= 15 is 0 Å². The first-order valence-electron chi connectivity index (χ1n) is 6.32. The first kappa shape index (κ1) is 21.2. The Morgan fingerprint density at radius 1 is 1.43 bits per heavy atom. The average Bonchev–Trinajstić information content (AvgIpc) is 2.51. The Morgan fingerprint density at radius 2 is 2.09 bits per heavy atom. The number of nitro benzene ring substituents is 1. The number of ether oxygens (including phenoxy) is 1. The Kier molecular flexibility index (Phi) is 9.23. The van der Waals surface area contributed by atoms with Crippen LogP contribution < -0.4 is 11.1 Å². The highest BCUT2D eigenvalue weighted by atomic mass is 35.5. The summed E-state index contributed by atoms with van der Waals surface area (Å²) < 4.78 is 4.53. The Bertz CT molecular complexity index is 585. The van der Waals surface area contributed by atoms with Gasteiger partial charge in [-0.15, -0.1) is 12.4 Å². The fourth-order valence-electron chi connectivity index (χ4n) is 1.64. The molecule has 0 aliphatic heterocycles. The van der Waals surface area contributed by atoms with Gasteiger partial charge in [0, 0.05) is 17.8 Å². The number of carbonyl (C=O) groups excluding carboxylic acids is 2. The Morgan fingerprint density at radius 3 is 2.61 bits per heavy atom. The molecule has 0 aromatic heterocycles. The first-order chi connectivity index (χ1) is 10.4. The normalized spacial score (nSPS) is 11.1. The first-order valence-corrected chi connectivity index (χ1v) is 7.71. The van der Waals surface area contributed by atoms with Crippen molar-refractivity contribution in [3.63, 3.8) is 0 Å². The largest absolute Gasteiger partial charge is 0.465 e. The molecular weight excluding hydrogens is 346 g/mol. The molecule has 23 heavy (non-hydrogen) atoms. The van der Waals surface area contributed by atoms with Crippen LogP contribution in [-0.2, 0) is 9.53 Å². The summed E-state index contributed by atoms with van der Waals surface area (Å²) in [5.74, 6) is -0.479. The number of nitrogens with two attached hydrogens (primary N) is 1. The summed E-state index contributed by atoms with van der Waals surface area (Å²) in [7, 11) is 1.16. The zero-order valence-corrected chi connectivity index (χ0v) is 14.2. The molecule has 0 radical (unpaired) electrons. The monoisotopic (exact) mass is 363 g/mol. The predicted molar refractivity (Wildman–Crippen MR) is 91.3 cm³/mol. The summed E-state index contributed by atoms with van der Waals surface area (Å²) in [5.41, 5.74) is 5.50. The maximum Gasteiger partial charge on any atom is 0.338 e. The van der Waals surface area contributed by atoms with Gasteiger partial charge in [-0.1, -0.05) is 0 Å². The number of methoxy groups -OCH3 is 1. The molecule has 0 aliphatic rings. The molecule has 0 saturated carbocycles. The van der Waals surface area contributed by atoms with E-state index < -0.39 is 22.8 Å². The van der Waals surface area contributed by atoms with E-state index in [-0.39, 0.29) is 29.3 Å². The maximum atomic E-state index is 11.9. The predicted octanol–water partition coefficient (Wildman–Crippen LogP) is 1.82. The van der Waals surface area contributed by atoms with Crippen LogP contribution >= 0.6 is 24.2 Å². The third-order valence-electron chi connectivity index (χ3n) is 2.79. The molecule has 128 valence electrons. The van der Waals surface area contributed by atoms with Crippen LogP contribution in [0.2, 0.25) is 0 Å². The molecule has 0 spiro atoms. The van der Waals surface area contributed by atoms with Crippen molar-refractivity contribution in [3.05, 3.63) is 33.9 Å². The summed E-state index contributed by atoms with van der Waals surface area (Å²) in [5, 5.41) is 13.4. The van der Waals surface area contributed by atoms with Crippen molar-refractivity contribution in [1.82, 2.24) is 0 Å². The van der Waals surface area contributed by atoms with Crippen molar-refractivity contribution in [3.8, 4) is 0 Å². The van der Waals surface area contributed by atoms with Crippen LogP contribution in [0.1, 0.15) is 16.8 Å². The number of hydrogen-bond donors (Lipinski definition) is 2. The lowest BCUT2D eigenvalue weighted by molar-refractivity contribution is -0.384. The zero-order chi connectivity index (χ0) is 16.7. The number of halogens is 1. The van der Waals surface area contributed by atoms with Crippen molar-refractivity contribution < 1.29 is 19.2 Å². The molecule has 0 unspecified atom stereocenters. The van der Waals surface area contributed by atoms with Crippen molar-refractivity contribution in [2.24, 2.45) is 5.73 Å². The fraction of sp³-hybridized carbons (Fsp3) is 0.385. The average molecular weight is 364 g/mol. The third-order valence-corrected chi connectivity index (χ3v) is 3.43. The highest BCUT2D eigenvalue weighted by Gasteiger charge is 2.18. The summed E-state index contributed by atoms with van der Waals surface area (Å²) in [4.78, 5) is 33.7. The molecule has 0 bridgehead atoms. The topological polar surface area (TPSA) is 125 Å². The van der Waals surface area contributed by atoms with Crippen LogP contribution in [0.25, 0.3) is 0 Å². The smallest absolute Gasteiger partial charge is 0.338 e. The minimum absolute atomic E-state index is 0. The van der Waals surface area contributed by atoms with Crippen LogP contribution in [0, 0.1) is 10.1 Å². The highest BCUT2D eigenvalue weighted by molar-refractivity contribution is 7.98. The van der Waals surface area contributed by atoms with Gasteiger partial charge in [-0.3, -0.25) is 14.9 Å². The van der Waals surface area contributed by atoms with Gasteiger partial charge >= 0.3 is 5.97 Å². The third kappa shape index (κ3) is 6.43. The molecule has 0 saturated heterocycles. The number of esters is 1. The minimum atomic E-state index is -0.731.